The van der Waals surface area contributed by atoms with Crippen LogP contribution in [0.25, 0.3) is 0 Å². The van der Waals surface area contributed by atoms with Crippen LogP contribution in [0.2, 0.25) is 0 Å². The van der Waals surface area contributed by atoms with Gasteiger partial charge < -0.3 is 15.5 Å². The van der Waals surface area contributed by atoms with Crippen molar-refractivity contribution in [1.29, 1.82) is 0 Å². The van der Waals surface area contributed by atoms with Gasteiger partial charge in [-0.25, -0.2) is 4.79 Å². The smallest absolute Gasteiger partial charge is 0.329 e. The highest BCUT2D eigenvalue weighted by molar-refractivity contribution is 5.88. The number of carbonyl (C=O) groups is 2. The average molecular weight is 418 g/mol. The van der Waals surface area contributed by atoms with Crippen LogP contribution in [0.5, 0.6) is 5.75 Å². The number of phenolic OH excluding ortho intramolecular Hbond substituents is 1. The number of amides is 1. The lowest BCUT2D eigenvalue weighted by Crippen LogP contribution is -2.56. The number of carboxylic acids is 1. The van der Waals surface area contributed by atoms with Crippen molar-refractivity contribution in [3.63, 3.8) is 0 Å². The second-order valence-corrected chi connectivity index (χ2v) is 7.71. The first kappa shape index (κ1) is 22.1. The van der Waals surface area contributed by atoms with Crippen molar-refractivity contribution in [3.05, 3.63) is 102 Å². The first-order chi connectivity index (χ1) is 14.9. The molecule has 5 nitrogen and oxygen atoms in total. The first-order valence-electron chi connectivity index (χ1n) is 10.4. The Labute approximate surface area is 182 Å². The number of carboxylic acid groups (broad SMARTS) is 1. The Balaban J connectivity index is 1.84. The second-order valence-electron chi connectivity index (χ2n) is 7.71. The van der Waals surface area contributed by atoms with E-state index < -0.39 is 11.5 Å². The van der Waals surface area contributed by atoms with Gasteiger partial charge in [0.05, 0.1) is 0 Å². The zero-order chi connectivity index (χ0) is 22.3. The molecular formula is C26H27NO4. The molecule has 0 spiro atoms. The number of phenols is 1. The van der Waals surface area contributed by atoms with Crippen molar-refractivity contribution in [2.24, 2.45) is 0 Å². The Bertz CT molecular complexity index is 963. The number of hydrogen-bond donors (Lipinski definition) is 3. The van der Waals surface area contributed by atoms with Crippen LogP contribution in [0.15, 0.2) is 84.9 Å². The van der Waals surface area contributed by atoms with Crippen molar-refractivity contribution in [3.8, 4) is 5.75 Å². The highest BCUT2D eigenvalue weighted by atomic mass is 16.4. The summed E-state index contributed by atoms with van der Waals surface area (Å²) in [6, 6.07) is 25.9. The van der Waals surface area contributed by atoms with E-state index in [-0.39, 0.29) is 36.8 Å². The maximum absolute atomic E-state index is 13.1. The van der Waals surface area contributed by atoms with Gasteiger partial charge in [-0.05, 0) is 35.2 Å². The van der Waals surface area contributed by atoms with Crippen molar-refractivity contribution in [1.82, 2.24) is 5.32 Å². The minimum atomic E-state index is -1.42. The fraction of sp³-hybridized carbons (Fsp3) is 0.231. The van der Waals surface area contributed by atoms with E-state index in [0.717, 1.165) is 16.7 Å². The van der Waals surface area contributed by atoms with E-state index >= 15 is 0 Å². The van der Waals surface area contributed by atoms with Gasteiger partial charge in [0.1, 0.15) is 11.3 Å². The lowest BCUT2D eigenvalue weighted by Gasteiger charge is -2.30. The number of rotatable bonds is 9. The SMILES string of the molecule is CC[C@@](Cc1ccc(O)cc1)(NC(=O)CC(c1ccccc1)c1ccccc1)C(=O)O. The summed E-state index contributed by atoms with van der Waals surface area (Å²) in [5.74, 6) is -1.47. The van der Waals surface area contributed by atoms with Crippen LogP contribution in [0.4, 0.5) is 0 Å². The van der Waals surface area contributed by atoms with Crippen molar-refractivity contribution >= 4 is 11.9 Å². The third-order valence-electron chi connectivity index (χ3n) is 5.63. The van der Waals surface area contributed by atoms with E-state index in [9.17, 15) is 19.8 Å². The predicted molar refractivity (Wildman–Crippen MR) is 120 cm³/mol. The van der Waals surface area contributed by atoms with Gasteiger partial charge in [0.15, 0.2) is 0 Å². The van der Waals surface area contributed by atoms with Crippen LogP contribution in [0.3, 0.4) is 0 Å². The molecule has 1 atom stereocenters. The molecule has 3 aromatic rings. The van der Waals surface area contributed by atoms with Crippen LogP contribution in [-0.2, 0) is 16.0 Å². The summed E-state index contributed by atoms with van der Waals surface area (Å²) in [4.78, 5) is 25.3. The van der Waals surface area contributed by atoms with Crippen LogP contribution in [0.1, 0.15) is 42.4 Å². The van der Waals surface area contributed by atoms with E-state index in [4.69, 9.17) is 0 Å². The summed E-state index contributed by atoms with van der Waals surface area (Å²) in [6.07, 6.45) is 0.501. The Morgan fingerprint density at radius 2 is 1.39 bits per heavy atom. The fourth-order valence-electron chi connectivity index (χ4n) is 3.80. The minimum absolute atomic E-state index is 0.110. The third-order valence-corrected chi connectivity index (χ3v) is 5.63. The summed E-state index contributed by atoms with van der Waals surface area (Å²) in [5, 5.41) is 22.3. The molecule has 1 amide bonds. The molecule has 0 aliphatic carbocycles. The Morgan fingerprint density at radius 1 is 0.871 bits per heavy atom. The molecule has 0 saturated carbocycles. The largest absolute Gasteiger partial charge is 0.508 e. The molecule has 0 fully saturated rings. The summed E-state index contributed by atoms with van der Waals surface area (Å²) >= 11 is 0. The van der Waals surface area contributed by atoms with E-state index in [1.807, 2.05) is 60.7 Å². The molecule has 0 aromatic heterocycles. The van der Waals surface area contributed by atoms with Crippen molar-refractivity contribution in [2.75, 3.05) is 0 Å². The van der Waals surface area contributed by atoms with Gasteiger partial charge in [-0.1, -0.05) is 79.7 Å². The molecule has 0 bridgehead atoms. The number of nitrogens with one attached hydrogen (secondary N) is 1. The monoisotopic (exact) mass is 417 g/mol. The molecule has 0 aliphatic rings. The first-order valence-corrected chi connectivity index (χ1v) is 10.4. The van der Waals surface area contributed by atoms with Gasteiger partial charge in [0, 0.05) is 18.8 Å². The Morgan fingerprint density at radius 3 is 1.84 bits per heavy atom. The van der Waals surface area contributed by atoms with E-state index in [1.54, 1.807) is 19.1 Å². The summed E-state index contributed by atoms with van der Waals surface area (Å²) in [6.45, 7) is 1.75. The molecule has 0 saturated heterocycles. The number of aliphatic carboxylic acids is 1. The average Bonchev–Trinajstić information content (AvgIpc) is 2.79. The van der Waals surface area contributed by atoms with Crippen LogP contribution < -0.4 is 5.32 Å². The molecule has 3 rings (SSSR count). The normalized spacial score (nSPS) is 12.8. The molecule has 0 heterocycles. The topological polar surface area (TPSA) is 86.6 Å². The van der Waals surface area contributed by atoms with Gasteiger partial charge >= 0.3 is 5.97 Å². The highest BCUT2D eigenvalue weighted by Gasteiger charge is 2.39. The standard InChI is InChI=1S/C26H27NO4/c1-2-26(25(30)31,18-19-13-15-22(28)16-14-19)27-24(29)17-23(20-9-5-3-6-10-20)21-11-7-4-8-12-21/h3-16,23,28H,2,17-18H2,1H3,(H,27,29)(H,30,31)/t26-/m0/s1. The lowest BCUT2D eigenvalue weighted by molar-refractivity contribution is -0.148. The van der Waals surface area contributed by atoms with Crippen molar-refractivity contribution in [2.45, 2.75) is 37.6 Å². The number of hydrogen-bond acceptors (Lipinski definition) is 3. The molecule has 0 radical (unpaired) electrons. The molecule has 3 aromatic carbocycles. The van der Waals surface area contributed by atoms with E-state index in [2.05, 4.69) is 5.32 Å². The van der Waals surface area contributed by atoms with Gasteiger partial charge in [0.25, 0.3) is 0 Å². The quantitative estimate of drug-likeness (QED) is 0.478. The highest BCUT2D eigenvalue weighted by Crippen LogP contribution is 2.29. The number of aromatic hydroxyl groups is 1. The molecule has 5 heteroatoms. The van der Waals surface area contributed by atoms with E-state index in [1.165, 1.54) is 12.1 Å². The molecule has 0 unspecified atom stereocenters. The molecule has 160 valence electrons. The number of benzene rings is 3. The van der Waals surface area contributed by atoms with Gasteiger partial charge in [-0.15, -0.1) is 0 Å². The molecular weight excluding hydrogens is 390 g/mol. The molecule has 0 aliphatic heterocycles. The minimum Gasteiger partial charge on any atom is -0.508 e. The molecule has 31 heavy (non-hydrogen) atoms. The summed E-state index contributed by atoms with van der Waals surface area (Å²) in [7, 11) is 0. The summed E-state index contributed by atoms with van der Waals surface area (Å²) < 4.78 is 0. The zero-order valence-electron chi connectivity index (χ0n) is 17.5. The van der Waals surface area contributed by atoms with Crippen LogP contribution in [0, 0.1) is 0 Å². The maximum atomic E-state index is 13.1. The van der Waals surface area contributed by atoms with Crippen LogP contribution in [-0.4, -0.2) is 27.6 Å². The van der Waals surface area contributed by atoms with Gasteiger partial charge in [0.2, 0.25) is 5.91 Å². The fourth-order valence-corrected chi connectivity index (χ4v) is 3.80. The van der Waals surface area contributed by atoms with Gasteiger partial charge in [-0.2, -0.15) is 0 Å². The maximum Gasteiger partial charge on any atom is 0.329 e. The second kappa shape index (κ2) is 9.94. The Kier molecular flexibility index (Phi) is 7.08. The van der Waals surface area contributed by atoms with Crippen LogP contribution >= 0.6 is 0 Å². The predicted octanol–water partition coefficient (Wildman–Crippen LogP) is 4.51. The Hall–Kier alpha value is -3.60. The number of carbonyl (C=O) groups excluding carboxylic acids is 1. The van der Waals surface area contributed by atoms with E-state index in [0.29, 0.717) is 0 Å². The third kappa shape index (κ3) is 5.51. The lowest BCUT2D eigenvalue weighted by atomic mass is 9.85. The molecule has 3 N–H and O–H groups in total. The van der Waals surface area contributed by atoms with Gasteiger partial charge in [-0.3, -0.25) is 4.79 Å². The van der Waals surface area contributed by atoms with Crippen molar-refractivity contribution < 1.29 is 19.8 Å². The summed E-state index contributed by atoms with van der Waals surface area (Å²) in [5.41, 5.74) is 1.30. The zero-order valence-corrected chi connectivity index (χ0v) is 17.5.